The monoisotopic (exact) mass is 192 g/mol. The fourth-order valence-corrected chi connectivity index (χ4v) is 0.962. The average molecular weight is 192 g/mol. The van der Waals surface area contributed by atoms with Gasteiger partial charge in [0.05, 0.1) is 18.9 Å². The van der Waals surface area contributed by atoms with Gasteiger partial charge in [-0.3, -0.25) is 0 Å². The topological polar surface area (TPSA) is 50.7 Å². The van der Waals surface area contributed by atoms with E-state index in [1.807, 2.05) is 0 Å². The van der Waals surface area contributed by atoms with Gasteiger partial charge in [0.1, 0.15) is 0 Å². The van der Waals surface area contributed by atoms with Crippen molar-refractivity contribution in [2.24, 2.45) is 5.10 Å². The minimum Gasteiger partial charge on any atom is -0.465 e. The predicted molar refractivity (Wildman–Crippen MR) is 54.4 cm³/mol. The van der Waals surface area contributed by atoms with Crippen molar-refractivity contribution in [1.82, 2.24) is 5.43 Å². The molecule has 0 aliphatic heterocycles. The Hall–Kier alpha value is -1.84. The van der Waals surface area contributed by atoms with Crippen molar-refractivity contribution in [3.8, 4) is 0 Å². The van der Waals surface area contributed by atoms with E-state index in [2.05, 4.69) is 15.3 Å². The molecule has 1 N–H and O–H groups in total. The molecule has 0 heterocycles. The van der Waals surface area contributed by atoms with E-state index in [1.54, 1.807) is 37.5 Å². The van der Waals surface area contributed by atoms with Crippen molar-refractivity contribution in [3.05, 3.63) is 35.4 Å². The van der Waals surface area contributed by atoms with Crippen molar-refractivity contribution >= 4 is 12.2 Å². The SMILES string of the molecule is CN/N=C/c1ccc(C(=O)OC)cc1. The molecule has 0 aliphatic carbocycles. The maximum atomic E-state index is 11.1. The second kappa shape index (κ2) is 5.01. The first-order valence-corrected chi connectivity index (χ1v) is 4.16. The Morgan fingerprint density at radius 2 is 2.07 bits per heavy atom. The zero-order valence-electron chi connectivity index (χ0n) is 8.15. The van der Waals surface area contributed by atoms with Gasteiger partial charge < -0.3 is 10.2 Å². The van der Waals surface area contributed by atoms with Gasteiger partial charge in [0.25, 0.3) is 0 Å². The van der Waals surface area contributed by atoms with Crippen LogP contribution >= 0.6 is 0 Å². The van der Waals surface area contributed by atoms with E-state index >= 15 is 0 Å². The lowest BCUT2D eigenvalue weighted by Gasteiger charge is -1.98. The van der Waals surface area contributed by atoms with E-state index in [4.69, 9.17) is 0 Å². The molecule has 0 unspecified atom stereocenters. The molecule has 0 aliphatic rings. The summed E-state index contributed by atoms with van der Waals surface area (Å²) in [6.45, 7) is 0. The number of hydrogen-bond acceptors (Lipinski definition) is 4. The van der Waals surface area contributed by atoms with Gasteiger partial charge in [-0.1, -0.05) is 12.1 Å². The molecule has 0 atom stereocenters. The van der Waals surface area contributed by atoms with E-state index in [9.17, 15) is 4.79 Å². The van der Waals surface area contributed by atoms with Crippen LogP contribution in [0.2, 0.25) is 0 Å². The fraction of sp³-hybridized carbons (Fsp3) is 0.200. The lowest BCUT2D eigenvalue weighted by Crippen LogP contribution is -2.01. The highest BCUT2D eigenvalue weighted by Crippen LogP contribution is 2.03. The molecular weight excluding hydrogens is 180 g/mol. The molecule has 0 saturated heterocycles. The third-order valence-corrected chi connectivity index (χ3v) is 1.67. The van der Waals surface area contributed by atoms with Crippen LogP contribution in [-0.4, -0.2) is 26.3 Å². The lowest BCUT2D eigenvalue weighted by atomic mass is 10.1. The molecule has 0 amide bonds. The molecule has 1 rings (SSSR count). The smallest absolute Gasteiger partial charge is 0.337 e. The number of benzene rings is 1. The van der Waals surface area contributed by atoms with E-state index in [0.29, 0.717) is 5.56 Å². The van der Waals surface area contributed by atoms with Gasteiger partial charge in [-0.25, -0.2) is 4.79 Å². The summed E-state index contributed by atoms with van der Waals surface area (Å²) in [6, 6.07) is 6.99. The summed E-state index contributed by atoms with van der Waals surface area (Å²) in [7, 11) is 3.08. The molecule has 0 spiro atoms. The van der Waals surface area contributed by atoms with Crippen LogP contribution < -0.4 is 5.43 Å². The van der Waals surface area contributed by atoms with Crippen LogP contribution in [0.1, 0.15) is 15.9 Å². The van der Waals surface area contributed by atoms with Crippen molar-refractivity contribution in [3.63, 3.8) is 0 Å². The van der Waals surface area contributed by atoms with Crippen molar-refractivity contribution in [1.29, 1.82) is 0 Å². The minimum absolute atomic E-state index is 0.331. The van der Waals surface area contributed by atoms with Crippen LogP contribution in [-0.2, 0) is 4.74 Å². The molecule has 0 bridgehead atoms. The molecule has 4 heteroatoms. The number of rotatable bonds is 3. The second-order valence-corrected chi connectivity index (χ2v) is 2.60. The summed E-state index contributed by atoms with van der Waals surface area (Å²) in [5, 5.41) is 3.85. The van der Waals surface area contributed by atoms with E-state index in [-0.39, 0.29) is 5.97 Å². The maximum absolute atomic E-state index is 11.1. The Labute approximate surface area is 82.6 Å². The van der Waals surface area contributed by atoms with Crippen LogP contribution in [0.5, 0.6) is 0 Å². The maximum Gasteiger partial charge on any atom is 0.337 e. The summed E-state index contributed by atoms with van der Waals surface area (Å²) in [6.07, 6.45) is 1.67. The summed E-state index contributed by atoms with van der Waals surface area (Å²) < 4.78 is 4.57. The Morgan fingerprint density at radius 3 is 2.57 bits per heavy atom. The first-order valence-electron chi connectivity index (χ1n) is 4.16. The van der Waals surface area contributed by atoms with Gasteiger partial charge in [0.15, 0.2) is 0 Å². The third kappa shape index (κ3) is 2.58. The van der Waals surface area contributed by atoms with Crippen LogP contribution in [0.15, 0.2) is 29.4 Å². The van der Waals surface area contributed by atoms with E-state index < -0.39 is 0 Å². The summed E-state index contributed by atoms with van der Waals surface area (Å²) in [5.41, 5.74) is 4.10. The summed E-state index contributed by atoms with van der Waals surface area (Å²) >= 11 is 0. The molecule has 74 valence electrons. The standard InChI is InChI=1S/C10H12N2O2/c1-11-12-7-8-3-5-9(6-4-8)10(13)14-2/h3-7,11H,1-2H3/b12-7+. The quantitative estimate of drug-likeness (QED) is 0.442. The number of methoxy groups -OCH3 is 1. The minimum atomic E-state index is -0.331. The highest BCUT2D eigenvalue weighted by molar-refractivity contribution is 5.90. The van der Waals surface area contributed by atoms with Crippen molar-refractivity contribution < 1.29 is 9.53 Å². The van der Waals surface area contributed by atoms with Crippen molar-refractivity contribution in [2.45, 2.75) is 0 Å². The Bertz CT molecular complexity index is 330. The Morgan fingerprint density at radius 1 is 1.43 bits per heavy atom. The van der Waals surface area contributed by atoms with E-state index in [1.165, 1.54) is 7.11 Å². The normalized spacial score (nSPS) is 10.1. The second-order valence-electron chi connectivity index (χ2n) is 2.60. The number of hydrazone groups is 1. The molecule has 14 heavy (non-hydrogen) atoms. The number of nitrogens with one attached hydrogen (secondary N) is 1. The number of hydrogen-bond donors (Lipinski definition) is 1. The zero-order chi connectivity index (χ0) is 10.4. The number of esters is 1. The summed E-state index contributed by atoms with van der Waals surface area (Å²) in [4.78, 5) is 11.1. The van der Waals surface area contributed by atoms with Crippen LogP contribution in [0.3, 0.4) is 0 Å². The third-order valence-electron chi connectivity index (χ3n) is 1.67. The average Bonchev–Trinajstić information content (AvgIpc) is 2.26. The zero-order valence-corrected chi connectivity index (χ0v) is 8.15. The number of carbonyl (C=O) groups is 1. The highest BCUT2D eigenvalue weighted by Gasteiger charge is 2.02. The van der Waals surface area contributed by atoms with Gasteiger partial charge in [-0.2, -0.15) is 5.10 Å². The molecule has 4 nitrogen and oxygen atoms in total. The van der Waals surface area contributed by atoms with Crippen LogP contribution in [0.25, 0.3) is 0 Å². The molecular formula is C10H12N2O2. The molecule has 1 aromatic rings. The molecule has 0 radical (unpaired) electrons. The van der Waals surface area contributed by atoms with Gasteiger partial charge in [-0.05, 0) is 17.7 Å². The highest BCUT2D eigenvalue weighted by atomic mass is 16.5. The van der Waals surface area contributed by atoms with Gasteiger partial charge in [0.2, 0.25) is 0 Å². The first-order chi connectivity index (χ1) is 6.77. The van der Waals surface area contributed by atoms with Gasteiger partial charge in [-0.15, -0.1) is 0 Å². The molecule has 0 fully saturated rings. The Kier molecular flexibility index (Phi) is 3.67. The number of ether oxygens (including phenoxy) is 1. The summed E-state index contributed by atoms with van der Waals surface area (Å²) in [5.74, 6) is -0.331. The van der Waals surface area contributed by atoms with E-state index in [0.717, 1.165) is 5.56 Å². The molecule has 0 saturated carbocycles. The molecule has 0 aromatic heterocycles. The lowest BCUT2D eigenvalue weighted by molar-refractivity contribution is 0.0601. The number of carbonyl (C=O) groups excluding carboxylic acids is 1. The van der Waals surface area contributed by atoms with Gasteiger partial charge in [0, 0.05) is 7.05 Å². The first kappa shape index (κ1) is 10.2. The Balaban J connectivity index is 2.78. The molecule has 1 aromatic carbocycles. The van der Waals surface area contributed by atoms with Crippen LogP contribution in [0.4, 0.5) is 0 Å². The fourth-order valence-electron chi connectivity index (χ4n) is 0.962. The largest absolute Gasteiger partial charge is 0.465 e. The predicted octanol–water partition coefficient (Wildman–Crippen LogP) is 1.03. The number of nitrogens with zero attached hydrogens (tertiary/aromatic N) is 1. The van der Waals surface area contributed by atoms with Gasteiger partial charge >= 0.3 is 5.97 Å². The van der Waals surface area contributed by atoms with Crippen molar-refractivity contribution in [2.75, 3.05) is 14.2 Å². The van der Waals surface area contributed by atoms with Crippen LogP contribution in [0, 0.1) is 0 Å².